The van der Waals surface area contributed by atoms with Crippen LogP contribution in [0, 0.1) is 20.2 Å². The van der Waals surface area contributed by atoms with E-state index in [0.717, 1.165) is 36.0 Å². The van der Waals surface area contributed by atoms with Gasteiger partial charge < -0.3 is 9.50 Å². The van der Waals surface area contributed by atoms with Crippen LogP contribution in [0.15, 0.2) is 86.0 Å². The number of carbonyl (C=O) groups excluding carboxylic acids is 1. The largest absolute Gasteiger partial charge is 0.379 e. The van der Waals surface area contributed by atoms with Crippen LogP contribution in [0.2, 0.25) is 0 Å². The summed E-state index contributed by atoms with van der Waals surface area (Å²) in [7, 11) is -4.21. The van der Waals surface area contributed by atoms with Gasteiger partial charge in [0.05, 0.1) is 24.9 Å². The quantitative estimate of drug-likeness (QED) is 0.170. The minimum absolute atomic E-state index is 0.00861. The van der Waals surface area contributed by atoms with Gasteiger partial charge in [0.2, 0.25) is 0 Å². The molecule has 0 atom stereocenters. The van der Waals surface area contributed by atoms with Gasteiger partial charge in [-0.25, -0.2) is 4.99 Å². The summed E-state index contributed by atoms with van der Waals surface area (Å²) in [6.07, 6.45) is 1.57. The number of halogens is 1. The zero-order valence-electron chi connectivity index (χ0n) is 18.2. The molecule has 0 aromatic heterocycles. The minimum Gasteiger partial charge on any atom is -0.379 e. The predicted molar refractivity (Wildman–Crippen MR) is 139 cm³/mol. The third kappa shape index (κ3) is 6.19. The molecule has 37 heavy (non-hydrogen) atoms. The Morgan fingerprint density at radius 2 is 1.57 bits per heavy atom. The number of amides is 1. The van der Waals surface area contributed by atoms with Crippen molar-refractivity contribution in [3.05, 3.63) is 102 Å². The molecule has 12 nitrogen and oxygen atoms in total. The number of nitro groups is 2. The Balaban J connectivity index is 1.46. The average molecular weight is 605 g/mol. The fourth-order valence-electron chi connectivity index (χ4n) is 2.97. The molecule has 0 spiro atoms. The lowest BCUT2D eigenvalue weighted by molar-refractivity contribution is -0.385. The van der Waals surface area contributed by atoms with Crippen molar-refractivity contribution in [2.45, 2.75) is 4.90 Å². The molecule has 1 aliphatic rings. The van der Waals surface area contributed by atoms with E-state index in [9.17, 15) is 33.4 Å². The Morgan fingerprint density at radius 1 is 0.946 bits per heavy atom. The number of hydrogen-bond acceptors (Lipinski definition) is 10. The fourth-order valence-corrected chi connectivity index (χ4v) is 5.19. The highest BCUT2D eigenvalue weighted by atomic mass is 79.9. The number of nitrogens with zero attached hydrogens (tertiary/aromatic N) is 3. The lowest BCUT2D eigenvalue weighted by atomic mass is 10.2. The van der Waals surface area contributed by atoms with Crippen LogP contribution in [0.25, 0.3) is 6.08 Å². The average Bonchev–Trinajstić information content (AvgIpc) is 3.19. The summed E-state index contributed by atoms with van der Waals surface area (Å²) in [5.74, 6) is -0.392. The zero-order chi connectivity index (χ0) is 26.7. The van der Waals surface area contributed by atoms with Gasteiger partial charge in [-0.3, -0.25) is 25.0 Å². The molecular formula is C22H13BrN4O8S2. The molecule has 0 aliphatic carbocycles. The van der Waals surface area contributed by atoms with Crippen LogP contribution in [0.5, 0.6) is 5.75 Å². The third-order valence-electron chi connectivity index (χ3n) is 4.73. The number of nitro benzene ring substituents is 2. The summed E-state index contributed by atoms with van der Waals surface area (Å²) in [5.41, 5.74) is 0.618. The third-order valence-corrected chi connectivity index (χ3v) is 7.54. The monoisotopic (exact) mass is 604 g/mol. The number of aliphatic imine (C=N–C) groups is 1. The summed E-state index contributed by atoms with van der Waals surface area (Å²) in [5, 5.41) is 24.5. The van der Waals surface area contributed by atoms with Crippen molar-refractivity contribution in [1.82, 2.24) is 5.32 Å². The molecule has 1 saturated heterocycles. The Morgan fingerprint density at radius 3 is 2.16 bits per heavy atom. The van der Waals surface area contributed by atoms with Gasteiger partial charge in [-0.15, -0.1) is 0 Å². The Kier molecular flexibility index (Phi) is 7.37. The number of non-ortho nitro benzene ring substituents is 2. The van der Waals surface area contributed by atoms with Crippen LogP contribution in [0.1, 0.15) is 5.56 Å². The standard InChI is InChI=1S/C22H13BrN4O8S2/c23-18-12-15(27(31)32)5-10-19(18)24-22-25-21(28)20(36-22)11-13-1-6-16(7-2-13)35-37(33,34)17-8-3-14(4-9-17)26(29)30/h1-12H,(H,24,25,28)/b20-11+. The van der Waals surface area contributed by atoms with Crippen molar-refractivity contribution in [2.75, 3.05) is 0 Å². The van der Waals surface area contributed by atoms with Crippen molar-refractivity contribution < 1.29 is 27.2 Å². The van der Waals surface area contributed by atoms with E-state index in [1.807, 2.05) is 0 Å². The van der Waals surface area contributed by atoms with E-state index in [1.165, 1.54) is 30.3 Å². The van der Waals surface area contributed by atoms with Crippen LogP contribution in [-0.2, 0) is 14.9 Å². The lowest BCUT2D eigenvalue weighted by Crippen LogP contribution is -2.19. The SMILES string of the molecule is O=C1NC(=Nc2ccc([N+](=O)[O-])cc2Br)S/C1=C/c1ccc(OS(=O)(=O)c2ccc([N+](=O)[O-])cc2)cc1. The van der Waals surface area contributed by atoms with Gasteiger partial charge in [-0.1, -0.05) is 12.1 Å². The van der Waals surface area contributed by atoms with Gasteiger partial charge in [0.1, 0.15) is 10.6 Å². The van der Waals surface area contributed by atoms with Crippen LogP contribution in [0.3, 0.4) is 0 Å². The molecule has 1 aliphatic heterocycles. The van der Waals surface area contributed by atoms with Gasteiger partial charge in [0.15, 0.2) is 5.17 Å². The summed E-state index contributed by atoms with van der Waals surface area (Å²) >= 11 is 4.29. The molecule has 1 heterocycles. The normalized spacial score (nSPS) is 15.5. The predicted octanol–water partition coefficient (Wildman–Crippen LogP) is 4.92. The molecule has 3 aromatic rings. The Bertz CT molecular complexity index is 1590. The number of benzene rings is 3. The lowest BCUT2D eigenvalue weighted by Gasteiger charge is -2.07. The molecule has 1 fully saturated rings. The molecule has 188 valence electrons. The number of nitrogens with one attached hydrogen (secondary N) is 1. The maximum Gasteiger partial charge on any atom is 0.339 e. The van der Waals surface area contributed by atoms with Gasteiger partial charge >= 0.3 is 10.1 Å². The van der Waals surface area contributed by atoms with E-state index in [1.54, 1.807) is 18.2 Å². The van der Waals surface area contributed by atoms with Crippen LogP contribution >= 0.6 is 27.7 Å². The zero-order valence-corrected chi connectivity index (χ0v) is 21.4. The van der Waals surface area contributed by atoms with Crippen molar-refractivity contribution in [2.24, 2.45) is 4.99 Å². The summed E-state index contributed by atoms with van der Waals surface area (Å²) in [6, 6.07) is 14.2. The molecule has 3 aromatic carbocycles. The number of amidine groups is 1. The molecule has 15 heteroatoms. The van der Waals surface area contributed by atoms with Crippen LogP contribution in [-0.4, -0.2) is 29.3 Å². The summed E-state index contributed by atoms with van der Waals surface area (Å²) in [6.45, 7) is 0. The number of rotatable bonds is 7. The van der Waals surface area contributed by atoms with Gasteiger partial charge in [0.25, 0.3) is 17.3 Å². The molecule has 0 radical (unpaired) electrons. The first-order valence-corrected chi connectivity index (χ1v) is 13.1. The van der Waals surface area contributed by atoms with Gasteiger partial charge in [0, 0.05) is 24.3 Å². The highest BCUT2D eigenvalue weighted by Crippen LogP contribution is 2.33. The highest BCUT2D eigenvalue weighted by molar-refractivity contribution is 9.10. The maximum absolute atomic E-state index is 12.4. The van der Waals surface area contributed by atoms with E-state index in [-0.39, 0.29) is 27.2 Å². The van der Waals surface area contributed by atoms with E-state index in [2.05, 4.69) is 26.2 Å². The summed E-state index contributed by atoms with van der Waals surface area (Å²) in [4.78, 5) is 37.2. The van der Waals surface area contributed by atoms with Crippen molar-refractivity contribution in [3.8, 4) is 5.75 Å². The highest BCUT2D eigenvalue weighted by Gasteiger charge is 2.24. The molecule has 0 unspecified atom stereocenters. The van der Waals surface area contributed by atoms with Crippen molar-refractivity contribution in [1.29, 1.82) is 0 Å². The van der Waals surface area contributed by atoms with Crippen LogP contribution < -0.4 is 9.50 Å². The minimum atomic E-state index is -4.21. The molecular weight excluding hydrogens is 592 g/mol. The van der Waals surface area contributed by atoms with Crippen molar-refractivity contribution in [3.63, 3.8) is 0 Å². The van der Waals surface area contributed by atoms with Crippen LogP contribution in [0.4, 0.5) is 17.1 Å². The van der Waals surface area contributed by atoms with E-state index < -0.39 is 25.9 Å². The second-order valence-corrected chi connectivity index (χ2v) is 10.7. The van der Waals surface area contributed by atoms with Gasteiger partial charge in [-0.2, -0.15) is 8.42 Å². The van der Waals surface area contributed by atoms with E-state index in [4.69, 9.17) is 4.18 Å². The van der Waals surface area contributed by atoms with E-state index >= 15 is 0 Å². The number of carbonyl (C=O) groups is 1. The smallest absolute Gasteiger partial charge is 0.339 e. The Hall–Kier alpha value is -4.08. The van der Waals surface area contributed by atoms with Crippen molar-refractivity contribution >= 4 is 72.0 Å². The molecule has 1 N–H and O–H groups in total. The van der Waals surface area contributed by atoms with Gasteiger partial charge in [-0.05, 0) is 69.7 Å². The second kappa shape index (κ2) is 10.5. The molecule has 1 amide bonds. The fraction of sp³-hybridized carbons (Fsp3) is 0. The molecule has 0 bridgehead atoms. The second-order valence-electron chi connectivity index (χ2n) is 7.23. The summed E-state index contributed by atoms with van der Waals surface area (Å²) < 4.78 is 30.4. The molecule has 0 saturated carbocycles. The molecule has 4 rings (SSSR count). The first-order chi connectivity index (χ1) is 17.5. The maximum atomic E-state index is 12.4. The first-order valence-electron chi connectivity index (χ1n) is 10.0. The first kappa shape index (κ1) is 26.0. The van der Waals surface area contributed by atoms with E-state index in [0.29, 0.717) is 20.6 Å². The topological polar surface area (TPSA) is 171 Å². The Labute approximate surface area is 221 Å². The number of hydrogen-bond donors (Lipinski definition) is 1. The number of thioether (sulfide) groups is 1.